The minimum absolute atomic E-state index is 0.155. The standard InChI is InChI=1S/C11H16N2O2S2/c1-16-8-4-2-7(3-5-8)13-10-9(11(14)15)12-6-17-10/h6-8,13H,2-5H2,1H3,(H,14,15). The number of nitrogens with zero attached hydrogens (tertiary/aromatic N) is 1. The van der Waals surface area contributed by atoms with Crippen molar-refractivity contribution in [2.75, 3.05) is 11.6 Å². The molecule has 6 heteroatoms. The lowest BCUT2D eigenvalue weighted by Crippen LogP contribution is -2.27. The number of thiazole rings is 1. The van der Waals surface area contributed by atoms with Crippen molar-refractivity contribution < 1.29 is 9.90 Å². The van der Waals surface area contributed by atoms with Crippen LogP contribution in [0.25, 0.3) is 0 Å². The van der Waals surface area contributed by atoms with Crippen LogP contribution >= 0.6 is 23.1 Å². The molecule has 17 heavy (non-hydrogen) atoms. The highest BCUT2D eigenvalue weighted by Crippen LogP contribution is 2.30. The Morgan fingerprint density at radius 2 is 2.24 bits per heavy atom. The third-order valence-corrected chi connectivity index (χ3v) is 5.01. The number of hydrogen-bond donors (Lipinski definition) is 2. The monoisotopic (exact) mass is 272 g/mol. The molecule has 0 saturated heterocycles. The van der Waals surface area contributed by atoms with Gasteiger partial charge in [-0.3, -0.25) is 0 Å². The van der Waals surface area contributed by atoms with Gasteiger partial charge in [-0.1, -0.05) is 0 Å². The third kappa shape index (κ3) is 3.13. The largest absolute Gasteiger partial charge is 0.476 e. The molecule has 0 aromatic carbocycles. The molecule has 0 atom stereocenters. The molecule has 1 aliphatic rings. The van der Waals surface area contributed by atoms with Gasteiger partial charge < -0.3 is 10.4 Å². The highest BCUT2D eigenvalue weighted by molar-refractivity contribution is 7.99. The molecule has 0 spiro atoms. The van der Waals surface area contributed by atoms with Crippen molar-refractivity contribution in [2.45, 2.75) is 37.0 Å². The summed E-state index contributed by atoms with van der Waals surface area (Å²) in [5, 5.41) is 13.8. The Bertz CT molecular complexity index is 387. The van der Waals surface area contributed by atoms with Gasteiger partial charge in [0, 0.05) is 11.3 Å². The first-order valence-corrected chi connectivity index (χ1v) is 7.83. The van der Waals surface area contributed by atoms with Crippen LogP contribution in [-0.2, 0) is 0 Å². The van der Waals surface area contributed by atoms with Crippen LogP contribution in [0, 0.1) is 0 Å². The van der Waals surface area contributed by atoms with Gasteiger partial charge in [-0.15, -0.1) is 11.3 Å². The molecule has 1 saturated carbocycles. The summed E-state index contributed by atoms with van der Waals surface area (Å²) in [6.07, 6.45) is 6.80. The second kappa shape index (κ2) is 5.73. The zero-order valence-electron chi connectivity index (χ0n) is 9.68. The molecule has 4 nitrogen and oxygen atoms in total. The van der Waals surface area contributed by atoms with Gasteiger partial charge in [-0.25, -0.2) is 9.78 Å². The number of rotatable bonds is 4. The second-order valence-electron chi connectivity index (χ2n) is 4.19. The fourth-order valence-corrected chi connectivity index (χ4v) is 3.62. The Hall–Kier alpha value is -0.750. The highest BCUT2D eigenvalue weighted by Gasteiger charge is 2.22. The maximum atomic E-state index is 10.9. The summed E-state index contributed by atoms with van der Waals surface area (Å²) < 4.78 is 0. The van der Waals surface area contributed by atoms with Gasteiger partial charge in [0.1, 0.15) is 5.00 Å². The van der Waals surface area contributed by atoms with E-state index in [1.165, 1.54) is 24.2 Å². The SMILES string of the molecule is CSC1CCC(Nc2scnc2C(=O)O)CC1. The first-order valence-electron chi connectivity index (χ1n) is 5.66. The van der Waals surface area contributed by atoms with Gasteiger partial charge in [0.25, 0.3) is 0 Å². The average Bonchev–Trinajstić information content (AvgIpc) is 2.78. The molecular formula is C11H16N2O2S2. The molecular weight excluding hydrogens is 256 g/mol. The minimum atomic E-state index is -0.952. The summed E-state index contributed by atoms with van der Waals surface area (Å²) >= 11 is 3.30. The van der Waals surface area contributed by atoms with E-state index in [-0.39, 0.29) is 5.69 Å². The van der Waals surface area contributed by atoms with Crippen LogP contribution < -0.4 is 5.32 Å². The molecule has 0 aliphatic heterocycles. The van der Waals surface area contributed by atoms with Crippen molar-refractivity contribution in [3.05, 3.63) is 11.2 Å². The summed E-state index contributed by atoms with van der Waals surface area (Å²) in [5.41, 5.74) is 1.74. The Labute approximate surface area is 109 Å². The van der Waals surface area contributed by atoms with E-state index in [0.717, 1.165) is 18.1 Å². The molecule has 1 heterocycles. The van der Waals surface area contributed by atoms with Gasteiger partial charge in [0.15, 0.2) is 5.69 Å². The highest BCUT2D eigenvalue weighted by atomic mass is 32.2. The minimum Gasteiger partial charge on any atom is -0.476 e. The fourth-order valence-electron chi connectivity index (χ4n) is 2.13. The van der Waals surface area contributed by atoms with Crippen LogP contribution in [0.1, 0.15) is 36.2 Å². The Morgan fingerprint density at radius 3 is 2.82 bits per heavy atom. The van der Waals surface area contributed by atoms with Crippen LogP contribution in [-0.4, -0.2) is 33.6 Å². The number of anilines is 1. The lowest BCUT2D eigenvalue weighted by Gasteiger charge is -2.28. The zero-order valence-corrected chi connectivity index (χ0v) is 11.3. The number of aromatic nitrogens is 1. The smallest absolute Gasteiger partial charge is 0.357 e. The van der Waals surface area contributed by atoms with Crippen LogP contribution in [0.3, 0.4) is 0 Å². The van der Waals surface area contributed by atoms with E-state index in [4.69, 9.17) is 5.11 Å². The van der Waals surface area contributed by atoms with E-state index in [2.05, 4.69) is 16.6 Å². The van der Waals surface area contributed by atoms with Crippen molar-refractivity contribution in [3.63, 3.8) is 0 Å². The fraction of sp³-hybridized carbons (Fsp3) is 0.636. The van der Waals surface area contributed by atoms with Gasteiger partial charge in [0.05, 0.1) is 5.51 Å². The maximum Gasteiger partial charge on any atom is 0.357 e. The predicted molar refractivity (Wildman–Crippen MR) is 72.3 cm³/mol. The number of carboxylic acids is 1. The van der Waals surface area contributed by atoms with E-state index >= 15 is 0 Å². The van der Waals surface area contributed by atoms with E-state index in [0.29, 0.717) is 11.0 Å². The van der Waals surface area contributed by atoms with Gasteiger partial charge in [-0.05, 0) is 31.9 Å². The molecule has 0 unspecified atom stereocenters. The van der Waals surface area contributed by atoms with Crippen LogP contribution in [0.4, 0.5) is 5.00 Å². The molecule has 94 valence electrons. The first-order chi connectivity index (χ1) is 8.20. The van der Waals surface area contributed by atoms with Crippen molar-refractivity contribution in [3.8, 4) is 0 Å². The normalized spacial score (nSPS) is 24.5. The summed E-state index contributed by atoms with van der Waals surface area (Å²) in [7, 11) is 0. The van der Waals surface area contributed by atoms with Crippen molar-refractivity contribution in [1.29, 1.82) is 0 Å². The molecule has 1 aromatic heterocycles. The van der Waals surface area contributed by atoms with Crippen molar-refractivity contribution in [2.24, 2.45) is 0 Å². The number of carbonyl (C=O) groups is 1. The molecule has 1 aliphatic carbocycles. The van der Waals surface area contributed by atoms with Gasteiger partial charge in [-0.2, -0.15) is 11.8 Å². The number of nitrogens with one attached hydrogen (secondary N) is 1. The van der Waals surface area contributed by atoms with E-state index in [1.807, 2.05) is 11.8 Å². The van der Waals surface area contributed by atoms with E-state index in [1.54, 1.807) is 5.51 Å². The van der Waals surface area contributed by atoms with Crippen LogP contribution in [0.2, 0.25) is 0 Å². The average molecular weight is 272 g/mol. The first kappa shape index (κ1) is 12.7. The second-order valence-corrected chi connectivity index (χ2v) is 6.18. The lowest BCUT2D eigenvalue weighted by molar-refractivity contribution is 0.0692. The molecule has 0 amide bonds. The quantitative estimate of drug-likeness (QED) is 0.882. The zero-order chi connectivity index (χ0) is 12.3. The van der Waals surface area contributed by atoms with E-state index in [9.17, 15) is 4.79 Å². The van der Waals surface area contributed by atoms with Gasteiger partial charge >= 0.3 is 5.97 Å². The van der Waals surface area contributed by atoms with Crippen molar-refractivity contribution in [1.82, 2.24) is 4.98 Å². The number of thioether (sulfide) groups is 1. The Morgan fingerprint density at radius 1 is 1.53 bits per heavy atom. The maximum absolute atomic E-state index is 10.9. The molecule has 0 radical (unpaired) electrons. The van der Waals surface area contributed by atoms with Crippen molar-refractivity contribution >= 4 is 34.1 Å². The number of aromatic carboxylic acids is 1. The van der Waals surface area contributed by atoms with Gasteiger partial charge in [0.2, 0.25) is 0 Å². The predicted octanol–water partition coefficient (Wildman–Crippen LogP) is 2.93. The molecule has 1 fully saturated rings. The third-order valence-electron chi connectivity index (χ3n) is 3.11. The van der Waals surface area contributed by atoms with E-state index < -0.39 is 5.97 Å². The molecule has 1 aromatic rings. The summed E-state index contributed by atoms with van der Waals surface area (Å²) in [6, 6.07) is 0.400. The lowest BCUT2D eigenvalue weighted by atomic mass is 9.95. The van der Waals surface area contributed by atoms with Crippen LogP contribution in [0.5, 0.6) is 0 Å². The van der Waals surface area contributed by atoms with Crippen LogP contribution in [0.15, 0.2) is 5.51 Å². The number of carboxylic acid groups (broad SMARTS) is 1. The molecule has 2 rings (SSSR count). The molecule has 0 bridgehead atoms. The Balaban J connectivity index is 1.93. The number of hydrogen-bond acceptors (Lipinski definition) is 5. The summed E-state index contributed by atoms with van der Waals surface area (Å²) in [5.74, 6) is -0.952. The summed E-state index contributed by atoms with van der Waals surface area (Å²) in [6.45, 7) is 0. The Kier molecular flexibility index (Phi) is 4.28. The molecule has 2 N–H and O–H groups in total. The topological polar surface area (TPSA) is 62.2 Å². The summed E-state index contributed by atoms with van der Waals surface area (Å²) in [4.78, 5) is 14.8.